The Morgan fingerprint density at radius 1 is 1.27 bits per heavy atom. The predicted octanol–water partition coefficient (Wildman–Crippen LogP) is 1.99. The number of phenolic OH excluding ortho intramolecular Hbond substituents is 1. The van der Waals surface area contributed by atoms with Gasteiger partial charge in [0.2, 0.25) is 0 Å². The van der Waals surface area contributed by atoms with E-state index in [0.717, 1.165) is 30.6 Å². The van der Waals surface area contributed by atoms with Crippen molar-refractivity contribution in [3.8, 4) is 5.75 Å². The van der Waals surface area contributed by atoms with Crippen LogP contribution in [0.1, 0.15) is 17.7 Å². The smallest absolute Gasteiger partial charge is 0.196 e. The summed E-state index contributed by atoms with van der Waals surface area (Å²) in [6.07, 6.45) is 2.56. The van der Waals surface area contributed by atoms with Crippen LogP contribution < -0.4 is 5.43 Å². The van der Waals surface area contributed by atoms with Gasteiger partial charge in [-0.05, 0) is 25.0 Å². The number of hydrogen-bond donors (Lipinski definition) is 1. The molecule has 0 amide bonds. The molecule has 1 aliphatic rings. The third kappa shape index (κ3) is 1.09. The Bertz CT molecular complexity index is 596. The average molecular weight is 202 g/mol. The maximum Gasteiger partial charge on any atom is 0.196 e. The van der Waals surface area contributed by atoms with E-state index >= 15 is 0 Å². The summed E-state index contributed by atoms with van der Waals surface area (Å²) in [5.74, 6) is 0.785. The van der Waals surface area contributed by atoms with Gasteiger partial charge in [0.15, 0.2) is 16.8 Å². The van der Waals surface area contributed by atoms with Crippen LogP contribution in [0.5, 0.6) is 5.75 Å². The first-order valence-corrected chi connectivity index (χ1v) is 5.04. The third-order valence-corrected chi connectivity index (χ3v) is 2.91. The highest BCUT2D eigenvalue weighted by atomic mass is 16.4. The van der Waals surface area contributed by atoms with E-state index in [-0.39, 0.29) is 11.2 Å². The first-order valence-electron chi connectivity index (χ1n) is 5.04. The lowest BCUT2D eigenvalue weighted by Gasteiger charge is -2.03. The lowest BCUT2D eigenvalue weighted by Crippen LogP contribution is -2.08. The minimum atomic E-state index is 0.0136. The number of fused-ring (bicyclic) bond motifs is 2. The maximum atomic E-state index is 12.0. The quantitative estimate of drug-likeness (QED) is 0.710. The van der Waals surface area contributed by atoms with Crippen molar-refractivity contribution < 1.29 is 9.52 Å². The van der Waals surface area contributed by atoms with Crippen LogP contribution >= 0.6 is 0 Å². The molecular formula is C12H10O3. The largest absolute Gasteiger partial charge is 0.504 e. The summed E-state index contributed by atoms with van der Waals surface area (Å²) in [4.78, 5) is 12.0. The number of rotatable bonds is 0. The summed E-state index contributed by atoms with van der Waals surface area (Å²) in [6.45, 7) is 0. The van der Waals surface area contributed by atoms with Crippen LogP contribution in [0.15, 0.2) is 27.4 Å². The normalized spacial score (nSPS) is 14.4. The Labute approximate surface area is 86.0 Å². The Morgan fingerprint density at radius 3 is 3.00 bits per heavy atom. The molecule has 1 heterocycles. The van der Waals surface area contributed by atoms with Gasteiger partial charge >= 0.3 is 0 Å². The maximum absolute atomic E-state index is 12.0. The molecule has 0 aliphatic heterocycles. The van der Waals surface area contributed by atoms with E-state index in [9.17, 15) is 9.90 Å². The summed E-state index contributed by atoms with van der Waals surface area (Å²) in [5.41, 5.74) is 1.12. The van der Waals surface area contributed by atoms with Gasteiger partial charge in [0.05, 0.1) is 5.39 Å². The molecule has 1 aliphatic carbocycles. The Balaban J connectivity index is 2.52. The zero-order valence-electron chi connectivity index (χ0n) is 8.12. The monoisotopic (exact) mass is 202 g/mol. The number of hydrogen-bond acceptors (Lipinski definition) is 3. The van der Waals surface area contributed by atoms with Crippen molar-refractivity contribution in [3.05, 3.63) is 39.7 Å². The number of phenols is 1. The molecule has 3 nitrogen and oxygen atoms in total. The van der Waals surface area contributed by atoms with Crippen molar-refractivity contribution in [1.29, 1.82) is 0 Å². The second kappa shape index (κ2) is 2.86. The van der Waals surface area contributed by atoms with Crippen LogP contribution in [0.3, 0.4) is 0 Å². The van der Waals surface area contributed by atoms with Crippen LogP contribution in [0.4, 0.5) is 0 Å². The van der Waals surface area contributed by atoms with E-state index in [1.807, 2.05) is 0 Å². The average Bonchev–Trinajstić information content (AvgIpc) is 2.68. The Hall–Kier alpha value is -1.77. The van der Waals surface area contributed by atoms with Gasteiger partial charge in [0, 0.05) is 12.0 Å². The fraction of sp³-hybridized carbons (Fsp3) is 0.250. The molecule has 2 aromatic rings. The van der Waals surface area contributed by atoms with E-state index in [1.165, 1.54) is 6.07 Å². The zero-order valence-corrected chi connectivity index (χ0v) is 8.12. The van der Waals surface area contributed by atoms with Crippen LogP contribution in [0, 0.1) is 0 Å². The van der Waals surface area contributed by atoms with Gasteiger partial charge in [0.1, 0.15) is 5.76 Å². The lowest BCUT2D eigenvalue weighted by molar-refractivity contribution is 0.455. The van der Waals surface area contributed by atoms with E-state index in [0.29, 0.717) is 11.0 Å². The summed E-state index contributed by atoms with van der Waals surface area (Å²) in [6, 6.07) is 4.89. The van der Waals surface area contributed by atoms with E-state index in [2.05, 4.69) is 0 Å². The van der Waals surface area contributed by atoms with E-state index < -0.39 is 0 Å². The zero-order chi connectivity index (χ0) is 10.4. The van der Waals surface area contributed by atoms with Gasteiger partial charge in [-0.15, -0.1) is 0 Å². The number of para-hydroxylation sites is 1. The van der Waals surface area contributed by atoms with Gasteiger partial charge in [-0.1, -0.05) is 6.07 Å². The lowest BCUT2D eigenvalue weighted by atomic mass is 10.1. The summed E-state index contributed by atoms with van der Waals surface area (Å²) in [7, 11) is 0. The van der Waals surface area contributed by atoms with Gasteiger partial charge in [-0.2, -0.15) is 0 Å². The molecule has 0 radical (unpaired) electrons. The highest BCUT2D eigenvalue weighted by Gasteiger charge is 2.20. The summed E-state index contributed by atoms with van der Waals surface area (Å²) < 4.78 is 5.57. The number of benzene rings is 1. The molecule has 0 atom stereocenters. The van der Waals surface area contributed by atoms with Gasteiger partial charge in [-0.3, -0.25) is 4.79 Å². The molecule has 3 heteroatoms. The van der Waals surface area contributed by atoms with Crippen LogP contribution in [-0.2, 0) is 12.8 Å². The molecule has 76 valence electrons. The standard InChI is InChI=1S/C12H10O3/c13-9-5-1-4-8-11(14)7-3-2-6-10(7)15-12(8)9/h1,4-5,13H,2-3,6H2. The second-order valence-electron chi connectivity index (χ2n) is 3.84. The first-order chi connectivity index (χ1) is 7.27. The molecule has 15 heavy (non-hydrogen) atoms. The van der Waals surface area contributed by atoms with Gasteiger partial charge in [0.25, 0.3) is 0 Å². The predicted molar refractivity (Wildman–Crippen MR) is 56.2 cm³/mol. The molecular weight excluding hydrogens is 192 g/mol. The van der Waals surface area contributed by atoms with Crippen LogP contribution in [0.25, 0.3) is 11.0 Å². The second-order valence-corrected chi connectivity index (χ2v) is 3.84. The van der Waals surface area contributed by atoms with Crippen LogP contribution in [-0.4, -0.2) is 5.11 Å². The molecule has 0 bridgehead atoms. The minimum absolute atomic E-state index is 0.0136. The van der Waals surface area contributed by atoms with E-state index in [4.69, 9.17) is 4.42 Å². The van der Waals surface area contributed by atoms with Gasteiger partial charge < -0.3 is 9.52 Å². The minimum Gasteiger partial charge on any atom is -0.504 e. The fourth-order valence-corrected chi connectivity index (χ4v) is 2.17. The molecule has 0 spiro atoms. The molecule has 0 saturated heterocycles. The Kier molecular flexibility index (Phi) is 1.63. The summed E-state index contributed by atoms with van der Waals surface area (Å²) >= 11 is 0. The highest BCUT2D eigenvalue weighted by Crippen LogP contribution is 2.28. The SMILES string of the molecule is O=c1c2c(oc3c(O)cccc13)CCC2. The van der Waals surface area contributed by atoms with Crippen LogP contribution in [0.2, 0.25) is 0 Å². The van der Waals surface area contributed by atoms with E-state index in [1.54, 1.807) is 12.1 Å². The van der Waals surface area contributed by atoms with Crippen molar-refractivity contribution >= 4 is 11.0 Å². The molecule has 0 unspecified atom stereocenters. The first kappa shape index (κ1) is 8.53. The number of aromatic hydroxyl groups is 1. The fourth-order valence-electron chi connectivity index (χ4n) is 2.17. The van der Waals surface area contributed by atoms with Crippen molar-refractivity contribution in [1.82, 2.24) is 0 Å². The van der Waals surface area contributed by atoms with Crippen molar-refractivity contribution in [3.63, 3.8) is 0 Å². The molecule has 0 saturated carbocycles. The third-order valence-electron chi connectivity index (χ3n) is 2.91. The molecule has 1 aromatic carbocycles. The molecule has 1 aromatic heterocycles. The molecule has 3 rings (SSSR count). The highest BCUT2D eigenvalue weighted by molar-refractivity contribution is 5.82. The Morgan fingerprint density at radius 2 is 2.13 bits per heavy atom. The van der Waals surface area contributed by atoms with Gasteiger partial charge in [-0.25, -0.2) is 0 Å². The number of aryl methyl sites for hydroxylation is 1. The van der Waals surface area contributed by atoms with Crippen molar-refractivity contribution in [2.45, 2.75) is 19.3 Å². The van der Waals surface area contributed by atoms with Crippen molar-refractivity contribution in [2.24, 2.45) is 0 Å². The molecule has 0 fully saturated rings. The summed E-state index contributed by atoms with van der Waals surface area (Å²) in [5, 5.41) is 10.1. The topological polar surface area (TPSA) is 50.4 Å². The van der Waals surface area contributed by atoms with Crippen molar-refractivity contribution in [2.75, 3.05) is 0 Å². The molecule has 1 N–H and O–H groups in total.